The highest BCUT2D eigenvalue weighted by Crippen LogP contribution is 2.27. The van der Waals surface area contributed by atoms with Crippen molar-refractivity contribution < 1.29 is 14.0 Å². The maximum absolute atomic E-state index is 12.8. The molecule has 0 unspecified atom stereocenters. The fourth-order valence-electron chi connectivity index (χ4n) is 3.85. The molecule has 1 atom stereocenters. The average molecular weight is 403 g/mol. The molecular weight excluding hydrogens is 378 g/mol. The first kappa shape index (κ1) is 19.9. The number of hydrogen-bond acceptors (Lipinski definition) is 4. The first-order valence-electron chi connectivity index (χ1n) is 10.2. The van der Waals surface area contributed by atoms with Crippen LogP contribution >= 0.6 is 0 Å². The van der Waals surface area contributed by atoms with Crippen molar-refractivity contribution in [3.63, 3.8) is 0 Å². The Kier molecular flexibility index (Phi) is 6.25. The van der Waals surface area contributed by atoms with Crippen molar-refractivity contribution in [2.75, 3.05) is 18.4 Å². The largest absolute Gasteiger partial charge is 0.467 e. The number of carbonyl (C=O) groups excluding carboxylic acids is 2. The van der Waals surface area contributed by atoms with Gasteiger partial charge in [0.05, 0.1) is 25.4 Å². The van der Waals surface area contributed by atoms with Crippen LogP contribution in [0.15, 0.2) is 77.4 Å². The maximum Gasteiger partial charge on any atom is 0.238 e. The lowest BCUT2D eigenvalue weighted by atomic mass is 10.0. The minimum absolute atomic E-state index is 0.0682. The molecule has 2 N–H and O–H groups in total. The van der Waals surface area contributed by atoms with Crippen LogP contribution in [0.3, 0.4) is 0 Å². The number of furan rings is 1. The van der Waals surface area contributed by atoms with Gasteiger partial charge in [-0.1, -0.05) is 48.5 Å². The van der Waals surface area contributed by atoms with E-state index in [1.807, 2.05) is 65.6 Å². The number of hydrogen-bond donors (Lipinski definition) is 2. The Balaban J connectivity index is 1.37. The van der Waals surface area contributed by atoms with Crippen LogP contribution in [0.2, 0.25) is 0 Å². The molecule has 154 valence electrons. The standard InChI is InChI=1S/C24H25N3O3/c28-23(26-21-12-5-4-11-20(21)18-8-2-1-3-9-18)17-27-14-6-13-22(27)24(29)25-16-19-10-7-15-30-19/h1-5,7-12,15,22H,6,13-14,16-17H2,(H,25,29)(H,26,28)/t22-/m0/s1. The van der Waals surface area contributed by atoms with E-state index in [0.717, 1.165) is 36.2 Å². The van der Waals surface area contributed by atoms with Gasteiger partial charge in [-0.2, -0.15) is 0 Å². The minimum Gasteiger partial charge on any atom is -0.467 e. The van der Waals surface area contributed by atoms with Gasteiger partial charge in [-0.3, -0.25) is 14.5 Å². The Labute approximate surface area is 175 Å². The van der Waals surface area contributed by atoms with E-state index in [1.165, 1.54) is 0 Å². The maximum atomic E-state index is 12.8. The molecule has 0 radical (unpaired) electrons. The van der Waals surface area contributed by atoms with Crippen molar-refractivity contribution in [1.29, 1.82) is 0 Å². The molecule has 2 heterocycles. The molecule has 1 aliphatic heterocycles. The number of likely N-dealkylation sites (tertiary alicyclic amines) is 1. The van der Waals surface area contributed by atoms with Gasteiger partial charge in [-0.25, -0.2) is 0 Å². The smallest absolute Gasteiger partial charge is 0.238 e. The molecule has 6 heteroatoms. The SMILES string of the molecule is O=C(CN1CCC[C@H]1C(=O)NCc1ccco1)Nc1ccccc1-c1ccccc1. The van der Waals surface area contributed by atoms with Crippen LogP contribution in [-0.2, 0) is 16.1 Å². The second kappa shape index (κ2) is 9.41. The van der Waals surface area contributed by atoms with E-state index in [-0.39, 0.29) is 24.4 Å². The second-order valence-electron chi connectivity index (χ2n) is 7.39. The number of amides is 2. The second-order valence-corrected chi connectivity index (χ2v) is 7.39. The predicted octanol–water partition coefficient (Wildman–Crippen LogP) is 3.67. The van der Waals surface area contributed by atoms with Crippen LogP contribution in [0.1, 0.15) is 18.6 Å². The van der Waals surface area contributed by atoms with Crippen LogP contribution in [-0.4, -0.2) is 35.8 Å². The van der Waals surface area contributed by atoms with Crippen molar-refractivity contribution in [3.8, 4) is 11.1 Å². The molecule has 2 amide bonds. The van der Waals surface area contributed by atoms with Gasteiger partial charge in [0.2, 0.25) is 11.8 Å². The zero-order valence-corrected chi connectivity index (χ0v) is 16.7. The predicted molar refractivity (Wildman–Crippen MR) is 116 cm³/mol. The highest BCUT2D eigenvalue weighted by Gasteiger charge is 2.31. The Morgan fingerprint density at radius 1 is 1.00 bits per heavy atom. The molecule has 2 aromatic carbocycles. The van der Waals surface area contributed by atoms with E-state index in [0.29, 0.717) is 12.3 Å². The minimum atomic E-state index is -0.296. The molecule has 1 aliphatic rings. The molecule has 0 spiro atoms. The highest BCUT2D eigenvalue weighted by molar-refractivity contribution is 5.97. The Hall–Kier alpha value is -3.38. The summed E-state index contributed by atoms with van der Waals surface area (Å²) in [6.45, 7) is 1.27. The van der Waals surface area contributed by atoms with Gasteiger partial charge in [0, 0.05) is 11.3 Å². The quantitative estimate of drug-likeness (QED) is 0.631. The van der Waals surface area contributed by atoms with Gasteiger partial charge < -0.3 is 15.1 Å². The van der Waals surface area contributed by atoms with E-state index in [4.69, 9.17) is 4.42 Å². The van der Waals surface area contributed by atoms with Gasteiger partial charge >= 0.3 is 0 Å². The Morgan fingerprint density at radius 3 is 2.60 bits per heavy atom. The molecule has 3 aromatic rings. The molecule has 1 fully saturated rings. The van der Waals surface area contributed by atoms with E-state index in [9.17, 15) is 9.59 Å². The average Bonchev–Trinajstić information content (AvgIpc) is 3.45. The summed E-state index contributed by atoms with van der Waals surface area (Å²) in [6, 6.07) is 21.0. The Bertz CT molecular complexity index is 986. The van der Waals surface area contributed by atoms with Crippen molar-refractivity contribution >= 4 is 17.5 Å². The number of para-hydroxylation sites is 1. The third-order valence-electron chi connectivity index (χ3n) is 5.32. The molecule has 0 bridgehead atoms. The topological polar surface area (TPSA) is 74.6 Å². The van der Waals surface area contributed by atoms with Gasteiger partial charge in [0.1, 0.15) is 5.76 Å². The number of carbonyl (C=O) groups is 2. The summed E-state index contributed by atoms with van der Waals surface area (Å²) in [5, 5.41) is 5.93. The zero-order chi connectivity index (χ0) is 20.8. The van der Waals surface area contributed by atoms with Gasteiger partial charge in [0.15, 0.2) is 0 Å². The Morgan fingerprint density at radius 2 is 1.80 bits per heavy atom. The monoisotopic (exact) mass is 403 g/mol. The van der Waals surface area contributed by atoms with Crippen LogP contribution in [0.25, 0.3) is 11.1 Å². The first-order chi connectivity index (χ1) is 14.7. The summed E-state index contributed by atoms with van der Waals surface area (Å²) in [7, 11) is 0. The van der Waals surface area contributed by atoms with Crippen molar-refractivity contribution in [2.45, 2.75) is 25.4 Å². The van der Waals surface area contributed by atoms with Gasteiger partial charge in [-0.05, 0) is 43.1 Å². The summed E-state index contributed by atoms with van der Waals surface area (Å²) in [6.07, 6.45) is 3.23. The molecule has 30 heavy (non-hydrogen) atoms. The van der Waals surface area contributed by atoms with Crippen LogP contribution in [0.5, 0.6) is 0 Å². The summed E-state index contributed by atoms with van der Waals surface area (Å²) >= 11 is 0. The highest BCUT2D eigenvalue weighted by atomic mass is 16.3. The molecular formula is C24H25N3O3. The van der Waals surface area contributed by atoms with Gasteiger partial charge in [0.25, 0.3) is 0 Å². The summed E-state index contributed by atoms with van der Waals surface area (Å²) in [5.74, 6) is 0.522. The zero-order valence-electron chi connectivity index (χ0n) is 16.7. The normalized spacial score (nSPS) is 16.3. The third-order valence-corrected chi connectivity index (χ3v) is 5.32. The fraction of sp³-hybridized carbons (Fsp3) is 0.250. The number of rotatable bonds is 7. The van der Waals surface area contributed by atoms with Crippen LogP contribution < -0.4 is 10.6 Å². The summed E-state index contributed by atoms with van der Waals surface area (Å²) in [4.78, 5) is 27.3. The van der Waals surface area contributed by atoms with Crippen molar-refractivity contribution in [2.24, 2.45) is 0 Å². The number of benzene rings is 2. The first-order valence-corrected chi connectivity index (χ1v) is 10.2. The lowest BCUT2D eigenvalue weighted by Crippen LogP contribution is -2.45. The number of nitrogens with one attached hydrogen (secondary N) is 2. The molecule has 1 saturated heterocycles. The van der Waals surface area contributed by atoms with Crippen molar-refractivity contribution in [3.05, 3.63) is 78.8 Å². The number of nitrogens with zero attached hydrogens (tertiary/aromatic N) is 1. The third kappa shape index (κ3) is 4.78. The number of anilines is 1. The molecule has 1 aromatic heterocycles. The van der Waals surface area contributed by atoms with Gasteiger partial charge in [-0.15, -0.1) is 0 Å². The van der Waals surface area contributed by atoms with Crippen molar-refractivity contribution in [1.82, 2.24) is 10.2 Å². The van der Waals surface area contributed by atoms with E-state index < -0.39 is 0 Å². The van der Waals surface area contributed by atoms with E-state index in [2.05, 4.69) is 10.6 Å². The summed E-state index contributed by atoms with van der Waals surface area (Å²) < 4.78 is 5.26. The summed E-state index contributed by atoms with van der Waals surface area (Å²) in [5.41, 5.74) is 2.79. The molecule has 6 nitrogen and oxygen atoms in total. The van der Waals surface area contributed by atoms with Crippen LogP contribution in [0, 0.1) is 0 Å². The van der Waals surface area contributed by atoms with Crippen LogP contribution in [0.4, 0.5) is 5.69 Å². The fourth-order valence-corrected chi connectivity index (χ4v) is 3.85. The van der Waals surface area contributed by atoms with E-state index in [1.54, 1.807) is 12.3 Å². The molecule has 0 aliphatic carbocycles. The lowest BCUT2D eigenvalue weighted by Gasteiger charge is -2.23. The van der Waals surface area contributed by atoms with E-state index >= 15 is 0 Å². The molecule has 4 rings (SSSR count). The lowest BCUT2D eigenvalue weighted by molar-refractivity contribution is -0.126. The molecule has 0 saturated carbocycles.